The number of methoxy groups -OCH3 is 2. The van der Waals surface area contributed by atoms with Crippen molar-refractivity contribution < 1.29 is 9.47 Å². The van der Waals surface area contributed by atoms with E-state index >= 15 is 0 Å². The van der Waals surface area contributed by atoms with E-state index in [1.165, 1.54) is 16.7 Å². The standard InChI is InChI=1S/C19H24N2O2S/c1-12-6-8-16(13(2)10-12)14(3)20-19(24)21-15-7-9-17(22-4)18(11-15)23-5/h6-11,14H,1-5H3,(H2,20,21,24)/t14-/m0/s1. The topological polar surface area (TPSA) is 42.5 Å². The van der Waals surface area contributed by atoms with Crippen molar-refractivity contribution in [2.24, 2.45) is 0 Å². The lowest BCUT2D eigenvalue weighted by molar-refractivity contribution is 0.355. The van der Waals surface area contributed by atoms with Gasteiger partial charge in [-0.2, -0.15) is 0 Å². The monoisotopic (exact) mass is 344 g/mol. The highest BCUT2D eigenvalue weighted by Crippen LogP contribution is 2.29. The molecule has 1 atom stereocenters. The molecule has 0 saturated heterocycles. The van der Waals surface area contributed by atoms with Gasteiger partial charge in [0.2, 0.25) is 0 Å². The molecule has 0 bridgehead atoms. The van der Waals surface area contributed by atoms with E-state index in [9.17, 15) is 0 Å². The first kappa shape index (κ1) is 18.1. The SMILES string of the molecule is COc1ccc(NC(=S)N[C@@H](C)c2ccc(C)cc2C)cc1OC. The molecule has 2 aromatic rings. The summed E-state index contributed by atoms with van der Waals surface area (Å²) in [4.78, 5) is 0. The molecule has 0 amide bonds. The van der Waals surface area contributed by atoms with Crippen LogP contribution in [0, 0.1) is 13.8 Å². The minimum Gasteiger partial charge on any atom is -0.493 e. The molecule has 0 aliphatic heterocycles. The second-order valence-corrected chi connectivity index (χ2v) is 6.16. The lowest BCUT2D eigenvalue weighted by atomic mass is 10.0. The van der Waals surface area contributed by atoms with Gasteiger partial charge >= 0.3 is 0 Å². The zero-order valence-corrected chi connectivity index (χ0v) is 15.6. The van der Waals surface area contributed by atoms with Gasteiger partial charge < -0.3 is 20.1 Å². The van der Waals surface area contributed by atoms with E-state index in [0.717, 1.165) is 5.69 Å². The van der Waals surface area contributed by atoms with Gasteiger partial charge in [-0.15, -0.1) is 0 Å². The maximum Gasteiger partial charge on any atom is 0.171 e. The van der Waals surface area contributed by atoms with Crippen LogP contribution < -0.4 is 20.1 Å². The third kappa shape index (κ3) is 4.38. The van der Waals surface area contributed by atoms with Crippen molar-refractivity contribution >= 4 is 23.0 Å². The van der Waals surface area contributed by atoms with Crippen molar-refractivity contribution in [2.45, 2.75) is 26.8 Å². The Kier molecular flexibility index (Phi) is 6.04. The fourth-order valence-corrected chi connectivity index (χ4v) is 2.96. The van der Waals surface area contributed by atoms with Crippen LogP contribution >= 0.6 is 12.2 Å². The molecule has 0 heterocycles. The van der Waals surface area contributed by atoms with Gasteiger partial charge in [0.25, 0.3) is 0 Å². The largest absolute Gasteiger partial charge is 0.493 e. The highest BCUT2D eigenvalue weighted by atomic mass is 32.1. The lowest BCUT2D eigenvalue weighted by Crippen LogP contribution is -2.31. The van der Waals surface area contributed by atoms with Crippen LogP contribution in [0.15, 0.2) is 36.4 Å². The van der Waals surface area contributed by atoms with Crippen molar-refractivity contribution in [3.05, 3.63) is 53.1 Å². The predicted octanol–water partition coefficient (Wildman–Crippen LogP) is 4.37. The number of thiocarbonyl (C=S) groups is 1. The van der Waals surface area contributed by atoms with E-state index in [0.29, 0.717) is 16.6 Å². The summed E-state index contributed by atoms with van der Waals surface area (Å²) in [7, 11) is 3.23. The smallest absolute Gasteiger partial charge is 0.171 e. The van der Waals surface area contributed by atoms with Gasteiger partial charge in [0.1, 0.15) is 0 Å². The quantitative estimate of drug-likeness (QED) is 0.789. The number of hydrogen-bond donors (Lipinski definition) is 2. The van der Waals surface area contributed by atoms with E-state index in [2.05, 4.69) is 49.6 Å². The van der Waals surface area contributed by atoms with Crippen LogP contribution in [-0.2, 0) is 0 Å². The third-order valence-electron chi connectivity index (χ3n) is 3.88. The summed E-state index contributed by atoms with van der Waals surface area (Å²) in [6.07, 6.45) is 0. The van der Waals surface area contributed by atoms with Crippen molar-refractivity contribution in [3.8, 4) is 11.5 Å². The van der Waals surface area contributed by atoms with Crippen LogP contribution in [0.25, 0.3) is 0 Å². The van der Waals surface area contributed by atoms with Crippen molar-refractivity contribution in [3.63, 3.8) is 0 Å². The summed E-state index contributed by atoms with van der Waals surface area (Å²) >= 11 is 5.43. The van der Waals surface area contributed by atoms with Crippen molar-refractivity contribution in [1.29, 1.82) is 0 Å². The number of nitrogens with one attached hydrogen (secondary N) is 2. The summed E-state index contributed by atoms with van der Waals surface area (Å²) in [5, 5.41) is 7.07. The number of hydrogen-bond acceptors (Lipinski definition) is 3. The molecule has 0 aromatic heterocycles. The first-order chi connectivity index (χ1) is 11.4. The number of benzene rings is 2. The van der Waals surface area contributed by atoms with Crippen LogP contribution in [0.4, 0.5) is 5.69 Å². The van der Waals surface area contributed by atoms with Gasteiger partial charge in [-0.25, -0.2) is 0 Å². The summed E-state index contributed by atoms with van der Waals surface area (Å²) in [6, 6.07) is 12.2. The first-order valence-electron chi connectivity index (χ1n) is 7.81. The van der Waals surface area contributed by atoms with Crippen LogP contribution in [0.5, 0.6) is 11.5 Å². The van der Waals surface area contributed by atoms with Gasteiger partial charge in [-0.05, 0) is 56.2 Å². The fraction of sp³-hybridized carbons (Fsp3) is 0.316. The van der Waals surface area contributed by atoms with Gasteiger partial charge in [0.05, 0.1) is 20.3 Å². The highest BCUT2D eigenvalue weighted by Gasteiger charge is 2.11. The van der Waals surface area contributed by atoms with Crippen LogP contribution in [0.1, 0.15) is 29.7 Å². The predicted molar refractivity (Wildman–Crippen MR) is 103 cm³/mol. The van der Waals surface area contributed by atoms with Crippen molar-refractivity contribution in [1.82, 2.24) is 5.32 Å². The molecule has 0 fully saturated rings. The summed E-state index contributed by atoms with van der Waals surface area (Å²) in [5.41, 5.74) is 4.59. The molecule has 24 heavy (non-hydrogen) atoms. The van der Waals surface area contributed by atoms with E-state index in [-0.39, 0.29) is 6.04 Å². The average Bonchev–Trinajstić information content (AvgIpc) is 2.54. The maximum absolute atomic E-state index is 5.43. The molecular formula is C19H24N2O2S. The summed E-state index contributed by atoms with van der Waals surface area (Å²) < 4.78 is 10.5. The molecule has 0 saturated carbocycles. The van der Waals surface area contributed by atoms with Crippen molar-refractivity contribution in [2.75, 3.05) is 19.5 Å². The molecular weight excluding hydrogens is 320 g/mol. The Morgan fingerprint density at radius 2 is 1.71 bits per heavy atom. The molecule has 128 valence electrons. The van der Waals surface area contributed by atoms with Crippen LogP contribution in [-0.4, -0.2) is 19.3 Å². The Morgan fingerprint density at radius 1 is 1.00 bits per heavy atom. The molecule has 5 heteroatoms. The molecule has 2 rings (SSSR count). The molecule has 0 radical (unpaired) electrons. The third-order valence-corrected chi connectivity index (χ3v) is 4.10. The van der Waals surface area contributed by atoms with E-state index in [1.54, 1.807) is 14.2 Å². The molecule has 4 nitrogen and oxygen atoms in total. The van der Waals surface area contributed by atoms with Gasteiger partial charge in [0, 0.05) is 11.8 Å². The average molecular weight is 344 g/mol. The first-order valence-corrected chi connectivity index (χ1v) is 8.22. The Labute approximate surface area is 149 Å². The Hall–Kier alpha value is -2.27. The van der Waals surface area contributed by atoms with Gasteiger partial charge in [-0.1, -0.05) is 23.8 Å². The summed E-state index contributed by atoms with van der Waals surface area (Å²) in [5.74, 6) is 1.35. The zero-order valence-electron chi connectivity index (χ0n) is 14.8. The Balaban J connectivity index is 2.05. The summed E-state index contributed by atoms with van der Waals surface area (Å²) in [6.45, 7) is 6.31. The zero-order chi connectivity index (χ0) is 17.7. The van der Waals surface area contributed by atoms with Crippen LogP contribution in [0.2, 0.25) is 0 Å². The minimum atomic E-state index is 0.116. The van der Waals surface area contributed by atoms with Gasteiger partial charge in [0.15, 0.2) is 16.6 Å². The second-order valence-electron chi connectivity index (χ2n) is 5.75. The number of ether oxygens (including phenoxy) is 2. The molecule has 0 aliphatic rings. The van der Waals surface area contributed by atoms with Gasteiger partial charge in [-0.3, -0.25) is 0 Å². The number of aryl methyl sites for hydroxylation is 2. The highest BCUT2D eigenvalue weighted by molar-refractivity contribution is 7.80. The second kappa shape index (κ2) is 8.02. The van der Waals surface area contributed by atoms with E-state index in [1.807, 2.05) is 18.2 Å². The lowest BCUT2D eigenvalue weighted by Gasteiger charge is -2.20. The van der Waals surface area contributed by atoms with E-state index in [4.69, 9.17) is 21.7 Å². The number of rotatable bonds is 5. The van der Waals surface area contributed by atoms with Crippen LogP contribution in [0.3, 0.4) is 0 Å². The molecule has 2 aromatic carbocycles. The normalized spacial score (nSPS) is 11.5. The Bertz CT molecular complexity index is 731. The molecule has 0 unspecified atom stereocenters. The maximum atomic E-state index is 5.43. The minimum absolute atomic E-state index is 0.116. The number of anilines is 1. The fourth-order valence-electron chi connectivity index (χ4n) is 2.67. The molecule has 2 N–H and O–H groups in total. The Morgan fingerprint density at radius 3 is 2.33 bits per heavy atom. The molecule has 0 spiro atoms. The van der Waals surface area contributed by atoms with E-state index < -0.39 is 0 Å². The molecule has 0 aliphatic carbocycles.